The van der Waals surface area contributed by atoms with Gasteiger partial charge in [0, 0.05) is 11.2 Å². The van der Waals surface area contributed by atoms with E-state index >= 15 is 0 Å². The predicted molar refractivity (Wildman–Crippen MR) is 60.6 cm³/mol. The molecule has 1 rings (SSSR count). The van der Waals surface area contributed by atoms with E-state index in [-0.39, 0.29) is 4.64 Å². The fourth-order valence-corrected chi connectivity index (χ4v) is 1.88. The largest absolute Gasteiger partial charge is 0.493 e. The quantitative estimate of drug-likeness (QED) is 0.449. The van der Waals surface area contributed by atoms with E-state index in [1.165, 1.54) is 0 Å². The normalized spacial score (nSPS) is 10.2. The molecule has 0 fully saturated rings. The third-order valence-electron chi connectivity index (χ3n) is 1.82. The molecule has 0 aliphatic rings. The highest BCUT2D eigenvalue weighted by Gasteiger charge is 2.18. The van der Waals surface area contributed by atoms with Crippen molar-refractivity contribution in [3.8, 4) is 0 Å². The number of aryl methyl sites for hydroxylation is 1. The smallest absolute Gasteiger partial charge is 0.423 e. The third kappa shape index (κ3) is 2.51. The SMILES string of the molecule is CCCc1[nH]c(=S)[nH]c(=S)c1B(O)O. The molecule has 1 aromatic heterocycles. The van der Waals surface area contributed by atoms with Gasteiger partial charge in [0.1, 0.15) is 4.64 Å². The molecular weight excluding hydrogens is 219 g/mol. The third-order valence-corrected chi connectivity index (χ3v) is 2.35. The van der Waals surface area contributed by atoms with Gasteiger partial charge < -0.3 is 20.0 Å². The second-order valence-corrected chi connectivity index (χ2v) is 3.74. The molecule has 0 saturated heterocycles. The van der Waals surface area contributed by atoms with Crippen molar-refractivity contribution in [1.82, 2.24) is 9.97 Å². The summed E-state index contributed by atoms with van der Waals surface area (Å²) in [6.07, 6.45) is 1.57. The zero-order valence-corrected chi connectivity index (χ0v) is 9.34. The molecule has 0 aromatic carbocycles. The molecule has 0 amide bonds. The van der Waals surface area contributed by atoms with Crippen LogP contribution in [-0.2, 0) is 6.42 Å². The van der Waals surface area contributed by atoms with E-state index in [9.17, 15) is 0 Å². The Kier molecular flexibility index (Phi) is 4.00. The Hall–Kier alpha value is -0.495. The Morgan fingerprint density at radius 1 is 1.29 bits per heavy atom. The molecule has 14 heavy (non-hydrogen) atoms. The van der Waals surface area contributed by atoms with Crippen molar-refractivity contribution in [3.63, 3.8) is 0 Å². The average Bonchev–Trinajstić information content (AvgIpc) is 2.01. The highest BCUT2D eigenvalue weighted by molar-refractivity contribution is 7.72. The number of H-pyrrole nitrogens is 2. The minimum Gasteiger partial charge on any atom is -0.423 e. The molecule has 0 bridgehead atoms. The lowest BCUT2D eigenvalue weighted by Gasteiger charge is -2.07. The van der Waals surface area contributed by atoms with Crippen molar-refractivity contribution >= 4 is 37.0 Å². The maximum Gasteiger partial charge on any atom is 0.493 e. The van der Waals surface area contributed by atoms with Crippen molar-refractivity contribution in [2.75, 3.05) is 0 Å². The van der Waals surface area contributed by atoms with Gasteiger partial charge in [-0.15, -0.1) is 0 Å². The number of hydrogen-bond acceptors (Lipinski definition) is 4. The first-order valence-corrected chi connectivity index (χ1v) is 5.09. The summed E-state index contributed by atoms with van der Waals surface area (Å²) in [5.74, 6) is 0. The van der Waals surface area contributed by atoms with Crippen LogP contribution in [0.2, 0.25) is 0 Å². The molecule has 0 aliphatic carbocycles. The van der Waals surface area contributed by atoms with E-state index in [1.54, 1.807) is 0 Å². The van der Waals surface area contributed by atoms with Gasteiger partial charge in [-0.2, -0.15) is 0 Å². The Labute approximate surface area is 92.2 Å². The molecule has 0 unspecified atom stereocenters. The lowest BCUT2D eigenvalue weighted by Crippen LogP contribution is -2.35. The van der Waals surface area contributed by atoms with Crippen LogP contribution in [-0.4, -0.2) is 27.1 Å². The Morgan fingerprint density at radius 2 is 1.93 bits per heavy atom. The summed E-state index contributed by atoms with van der Waals surface area (Å²) in [7, 11) is -1.56. The first-order chi connectivity index (χ1) is 6.56. The zero-order valence-electron chi connectivity index (χ0n) is 7.70. The molecule has 0 atom stereocenters. The monoisotopic (exact) mass is 230 g/mol. The van der Waals surface area contributed by atoms with E-state index in [1.807, 2.05) is 6.92 Å². The Balaban J connectivity index is 3.36. The molecule has 4 N–H and O–H groups in total. The van der Waals surface area contributed by atoms with Crippen LogP contribution in [0.15, 0.2) is 0 Å². The first-order valence-electron chi connectivity index (χ1n) is 4.27. The highest BCUT2D eigenvalue weighted by atomic mass is 32.1. The van der Waals surface area contributed by atoms with Crippen LogP contribution in [0.4, 0.5) is 0 Å². The number of hydrogen-bond donors (Lipinski definition) is 4. The van der Waals surface area contributed by atoms with Crippen LogP contribution >= 0.6 is 24.4 Å². The van der Waals surface area contributed by atoms with Gasteiger partial charge in [-0.25, -0.2) is 0 Å². The first kappa shape index (κ1) is 11.6. The Morgan fingerprint density at radius 3 is 2.43 bits per heavy atom. The van der Waals surface area contributed by atoms with E-state index in [4.69, 9.17) is 34.5 Å². The van der Waals surface area contributed by atoms with Crippen LogP contribution in [0.5, 0.6) is 0 Å². The summed E-state index contributed by atoms with van der Waals surface area (Å²) < 4.78 is 0.690. The highest BCUT2D eigenvalue weighted by Crippen LogP contribution is 1.98. The second-order valence-electron chi connectivity index (χ2n) is 2.92. The molecular formula is C7H11BN2O2S2. The van der Waals surface area contributed by atoms with E-state index < -0.39 is 7.12 Å². The van der Waals surface area contributed by atoms with E-state index in [2.05, 4.69) is 9.97 Å². The topological polar surface area (TPSA) is 72.0 Å². The fraction of sp³-hybridized carbons (Fsp3) is 0.429. The van der Waals surface area contributed by atoms with Gasteiger partial charge in [-0.05, 0) is 18.6 Å². The summed E-state index contributed by atoms with van der Waals surface area (Å²) >= 11 is 9.86. The van der Waals surface area contributed by atoms with Gasteiger partial charge in [0.05, 0.1) is 0 Å². The van der Waals surface area contributed by atoms with Gasteiger partial charge in [-0.1, -0.05) is 25.6 Å². The summed E-state index contributed by atoms with van der Waals surface area (Å²) in [6.45, 7) is 1.99. The van der Waals surface area contributed by atoms with Crippen LogP contribution in [0.3, 0.4) is 0 Å². The van der Waals surface area contributed by atoms with Crippen molar-refractivity contribution in [3.05, 3.63) is 15.1 Å². The maximum atomic E-state index is 9.12. The summed E-state index contributed by atoms with van der Waals surface area (Å²) in [5, 5.41) is 18.2. The standard InChI is InChI=1S/C7H11BN2O2S2/c1-2-3-4-5(8(11)12)6(13)10-7(14)9-4/h11-12H,2-3H2,1H3,(H2,9,10,13,14). The molecule has 76 valence electrons. The van der Waals surface area contributed by atoms with Crippen LogP contribution in [0, 0.1) is 9.41 Å². The second kappa shape index (κ2) is 4.83. The minimum atomic E-state index is -1.56. The van der Waals surface area contributed by atoms with Gasteiger partial charge in [0.25, 0.3) is 0 Å². The number of rotatable bonds is 3. The lowest BCUT2D eigenvalue weighted by atomic mass is 9.79. The van der Waals surface area contributed by atoms with Crippen molar-refractivity contribution < 1.29 is 10.0 Å². The van der Waals surface area contributed by atoms with Gasteiger partial charge in [0.2, 0.25) is 0 Å². The summed E-state index contributed by atoms with van der Waals surface area (Å²) in [6, 6.07) is 0. The van der Waals surface area contributed by atoms with Crippen molar-refractivity contribution in [2.45, 2.75) is 19.8 Å². The summed E-state index contributed by atoms with van der Waals surface area (Å²) in [4.78, 5) is 5.54. The van der Waals surface area contributed by atoms with Crippen LogP contribution in [0.25, 0.3) is 0 Å². The van der Waals surface area contributed by atoms with Gasteiger partial charge >= 0.3 is 7.12 Å². The number of aromatic nitrogens is 2. The molecule has 1 aromatic rings. The van der Waals surface area contributed by atoms with Crippen LogP contribution < -0.4 is 5.46 Å². The van der Waals surface area contributed by atoms with Gasteiger partial charge in [-0.3, -0.25) is 0 Å². The molecule has 4 nitrogen and oxygen atoms in total. The zero-order chi connectivity index (χ0) is 10.7. The predicted octanol–water partition coefficient (Wildman–Crippen LogP) is 0.434. The Bertz CT molecular complexity index is 426. The number of aromatic amines is 2. The lowest BCUT2D eigenvalue weighted by molar-refractivity contribution is 0.424. The van der Waals surface area contributed by atoms with E-state index in [0.717, 1.165) is 6.42 Å². The molecule has 0 aliphatic heterocycles. The van der Waals surface area contributed by atoms with Crippen molar-refractivity contribution in [2.24, 2.45) is 0 Å². The summed E-state index contributed by atoms with van der Waals surface area (Å²) in [5.41, 5.74) is 1.01. The van der Waals surface area contributed by atoms with Crippen LogP contribution in [0.1, 0.15) is 19.0 Å². The molecule has 0 radical (unpaired) electrons. The average molecular weight is 230 g/mol. The van der Waals surface area contributed by atoms with Gasteiger partial charge in [0.15, 0.2) is 4.77 Å². The van der Waals surface area contributed by atoms with Crippen molar-refractivity contribution in [1.29, 1.82) is 0 Å². The molecule has 1 heterocycles. The molecule has 0 spiro atoms. The fourth-order valence-electron chi connectivity index (χ4n) is 1.26. The molecule has 7 heteroatoms. The number of nitrogens with one attached hydrogen (secondary N) is 2. The maximum absolute atomic E-state index is 9.12. The van der Waals surface area contributed by atoms with E-state index in [0.29, 0.717) is 22.3 Å². The minimum absolute atomic E-state index is 0.284. The molecule has 0 saturated carbocycles.